The molecule has 1 atom stereocenters. The molecular formula is C28H30N6. The smallest absolute Gasteiger partial charge is 0.156 e. The molecule has 4 aliphatic rings. The molecule has 1 spiro atoms. The van der Waals surface area contributed by atoms with Crippen LogP contribution in [0.3, 0.4) is 0 Å². The van der Waals surface area contributed by atoms with Crippen LogP contribution < -0.4 is 10.6 Å². The number of fused-ring (bicyclic) bond motifs is 3. The Morgan fingerprint density at radius 3 is 2.76 bits per heavy atom. The molecule has 0 bridgehead atoms. The second kappa shape index (κ2) is 7.70. The molecular weight excluding hydrogens is 420 g/mol. The van der Waals surface area contributed by atoms with Gasteiger partial charge in [-0.3, -0.25) is 15.0 Å². The molecule has 4 heterocycles. The van der Waals surface area contributed by atoms with Crippen molar-refractivity contribution in [2.24, 2.45) is 16.1 Å². The van der Waals surface area contributed by atoms with Gasteiger partial charge >= 0.3 is 0 Å². The predicted octanol–water partition coefficient (Wildman–Crippen LogP) is 4.48. The molecule has 2 aliphatic carbocycles. The molecule has 2 aliphatic heterocycles. The Morgan fingerprint density at radius 1 is 1.00 bits per heavy atom. The summed E-state index contributed by atoms with van der Waals surface area (Å²) in [4.78, 5) is 21.8. The number of benzene rings is 1. The summed E-state index contributed by atoms with van der Waals surface area (Å²) in [5.41, 5.74) is 15.2. The van der Waals surface area contributed by atoms with Gasteiger partial charge in [-0.1, -0.05) is 24.3 Å². The van der Waals surface area contributed by atoms with Crippen LogP contribution in [0.1, 0.15) is 78.0 Å². The molecule has 6 nitrogen and oxygen atoms in total. The van der Waals surface area contributed by atoms with Gasteiger partial charge in [0.15, 0.2) is 5.84 Å². The van der Waals surface area contributed by atoms with Crippen LogP contribution in [-0.4, -0.2) is 27.3 Å². The number of anilines is 1. The highest BCUT2D eigenvalue weighted by Gasteiger charge is 2.46. The van der Waals surface area contributed by atoms with Gasteiger partial charge < -0.3 is 10.6 Å². The topological polar surface area (TPSA) is 80.3 Å². The number of nitrogens with two attached hydrogens (primary N) is 1. The SMILES string of the molecule is N[C@H]1c2ccccc2CC12CCC(c1cnc3c(n1)CN=C3N1CCCc3ncccc31)CC2. The number of aliphatic imine (C=N–C) groups is 1. The number of hydrogen-bond donors (Lipinski definition) is 1. The van der Waals surface area contributed by atoms with Crippen molar-refractivity contribution in [3.8, 4) is 0 Å². The first-order valence-corrected chi connectivity index (χ1v) is 12.7. The molecule has 0 unspecified atom stereocenters. The normalized spacial score (nSPS) is 27.3. The molecule has 0 radical (unpaired) electrons. The summed E-state index contributed by atoms with van der Waals surface area (Å²) in [5.74, 6) is 1.42. The first-order valence-electron chi connectivity index (χ1n) is 12.7. The molecule has 2 aromatic heterocycles. The van der Waals surface area contributed by atoms with Crippen molar-refractivity contribution in [3.05, 3.63) is 82.7 Å². The van der Waals surface area contributed by atoms with E-state index in [4.69, 9.17) is 20.7 Å². The van der Waals surface area contributed by atoms with E-state index in [1.54, 1.807) is 0 Å². The third kappa shape index (κ3) is 3.04. The van der Waals surface area contributed by atoms with Gasteiger partial charge in [0.05, 0.1) is 29.3 Å². The molecule has 172 valence electrons. The van der Waals surface area contributed by atoms with E-state index < -0.39 is 0 Å². The molecule has 1 saturated carbocycles. The standard InChI is InChI=1S/C28H30N6/c29-26-20-6-2-1-5-19(20)15-28(26)11-9-18(10-12-28)22-16-31-25-23(33-22)17-32-27(25)34-14-4-7-21-24(34)8-3-13-30-21/h1-3,5-6,8,13,16,18,26H,4,7,9-12,14-15,17,29H2/t18?,26-,28?/m0/s1. The zero-order valence-electron chi connectivity index (χ0n) is 19.5. The van der Waals surface area contributed by atoms with E-state index in [1.165, 1.54) is 11.1 Å². The Morgan fingerprint density at radius 2 is 1.88 bits per heavy atom. The van der Waals surface area contributed by atoms with E-state index in [2.05, 4.69) is 40.2 Å². The van der Waals surface area contributed by atoms with Gasteiger partial charge in [-0.05, 0) is 73.6 Å². The van der Waals surface area contributed by atoms with Crippen LogP contribution in [0.2, 0.25) is 0 Å². The third-order valence-corrected chi connectivity index (χ3v) is 8.65. The Hall–Kier alpha value is -3.12. The minimum Gasteiger partial charge on any atom is -0.323 e. The second-order valence-corrected chi connectivity index (χ2v) is 10.4. The monoisotopic (exact) mass is 450 g/mol. The number of rotatable bonds is 1. The van der Waals surface area contributed by atoms with Gasteiger partial charge in [0.25, 0.3) is 0 Å². The lowest BCUT2D eigenvalue weighted by atomic mass is 9.66. The quantitative estimate of drug-likeness (QED) is 0.591. The highest BCUT2D eigenvalue weighted by atomic mass is 15.2. The molecule has 1 fully saturated rings. The van der Waals surface area contributed by atoms with Crippen LogP contribution >= 0.6 is 0 Å². The first-order chi connectivity index (χ1) is 16.7. The third-order valence-electron chi connectivity index (χ3n) is 8.65. The number of pyridine rings is 1. The highest BCUT2D eigenvalue weighted by Crippen LogP contribution is 2.55. The lowest BCUT2D eigenvalue weighted by Gasteiger charge is -2.40. The van der Waals surface area contributed by atoms with E-state index >= 15 is 0 Å². The van der Waals surface area contributed by atoms with Crippen molar-refractivity contribution in [2.75, 3.05) is 11.4 Å². The van der Waals surface area contributed by atoms with Crippen LogP contribution in [0, 0.1) is 5.41 Å². The minimum absolute atomic E-state index is 0.161. The molecule has 1 aromatic carbocycles. The van der Waals surface area contributed by atoms with Crippen molar-refractivity contribution in [3.63, 3.8) is 0 Å². The number of hydrogen-bond acceptors (Lipinski definition) is 6. The van der Waals surface area contributed by atoms with Gasteiger partial charge in [0.1, 0.15) is 5.69 Å². The van der Waals surface area contributed by atoms with Gasteiger partial charge in [0.2, 0.25) is 0 Å². The van der Waals surface area contributed by atoms with Gasteiger partial charge in [-0.25, -0.2) is 4.98 Å². The van der Waals surface area contributed by atoms with Gasteiger partial charge in [0, 0.05) is 30.9 Å². The first kappa shape index (κ1) is 20.3. The lowest BCUT2D eigenvalue weighted by Crippen LogP contribution is -2.36. The fraction of sp³-hybridized carbons (Fsp3) is 0.429. The summed E-state index contributed by atoms with van der Waals surface area (Å²) in [6.45, 7) is 1.57. The van der Waals surface area contributed by atoms with Crippen LogP contribution in [-0.2, 0) is 19.4 Å². The number of nitrogens with zero attached hydrogens (tertiary/aromatic N) is 5. The van der Waals surface area contributed by atoms with Crippen LogP contribution in [0.4, 0.5) is 5.69 Å². The number of aryl methyl sites for hydroxylation is 1. The van der Waals surface area contributed by atoms with Crippen molar-refractivity contribution < 1.29 is 0 Å². The van der Waals surface area contributed by atoms with E-state index in [0.29, 0.717) is 12.5 Å². The molecule has 6 heteroatoms. The maximum absolute atomic E-state index is 6.78. The molecule has 7 rings (SSSR count). The molecule has 34 heavy (non-hydrogen) atoms. The number of amidine groups is 1. The van der Waals surface area contributed by atoms with Crippen LogP contribution in [0.5, 0.6) is 0 Å². The van der Waals surface area contributed by atoms with Crippen LogP contribution in [0.25, 0.3) is 0 Å². The van der Waals surface area contributed by atoms with Crippen molar-refractivity contribution >= 4 is 11.5 Å². The lowest BCUT2D eigenvalue weighted by molar-refractivity contribution is 0.148. The predicted molar refractivity (Wildman–Crippen MR) is 133 cm³/mol. The molecule has 0 amide bonds. The molecule has 3 aromatic rings. The largest absolute Gasteiger partial charge is 0.323 e. The average molecular weight is 451 g/mol. The molecule has 2 N–H and O–H groups in total. The Labute approximate surface area is 200 Å². The fourth-order valence-electron chi connectivity index (χ4n) is 6.78. The summed E-state index contributed by atoms with van der Waals surface area (Å²) in [6.07, 6.45) is 11.7. The molecule has 0 saturated heterocycles. The second-order valence-electron chi connectivity index (χ2n) is 10.4. The van der Waals surface area contributed by atoms with E-state index in [1.807, 2.05) is 18.5 Å². The fourth-order valence-corrected chi connectivity index (χ4v) is 6.78. The van der Waals surface area contributed by atoms with Crippen LogP contribution in [0.15, 0.2) is 53.8 Å². The zero-order valence-corrected chi connectivity index (χ0v) is 19.5. The summed E-state index contributed by atoms with van der Waals surface area (Å²) < 4.78 is 0. The van der Waals surface area contributed by atoms with Gasteiger partial charge in [-0.15, -0.1) is 0 Å². The summed E-state index contributed by atoms with van der Waals surface area (Å²) in [6, 6.07) is 13.1. The number of aromatic nitrogens is 3. The maximum atomic E-state index is 6.78. The Bertz CT molecular complexity index is 1290. The Kier molecular flexibility index (Phi) is 4.59. The average Bonchev–Trinajstić information content (AvgIpc) is 3.43. The maximum Gasteiger partial charge on any atom is 0.156 e. The van der Waals surface area contributed by atoms with Gasteiger partial charge in [-0.2, -0.15) is 0 Å². The van der Waals surface area contributed by atoms with Crippen molar-refractivity contribution in [1.29, 1.82) is 0 Å². The Balaban J connectivity index is 1.09. The highest BCUT2D eigenvalue weighted by molar-refractivity contribution is 6.11. The summed E-state index contributed by atoms with van der Waals surface area (Å²) >= 11 is 0. The zero-order chi connectivity index (χ0) is 22.7. The van der Waals surface area contributed by atoms with E-state index in [9.17, 15) is 0 Å². The van der Waals surface area contributed by atoms with E-state index in [0.717, 1.165) is 85.8 Å². The summed E-state index contributed by atoms with van der Waals surface area (Å²) in [5, 5.41) is 0. The van der Waals surface area contributed by atoms with E-state index in [-0.39, 0.29) is 11.5 Å². The minimum atomic E-state index is 0.161. The van der Waals surface area contributed by atoms with Crippen molar-refractivity contribution in [1.82, 2.24) is 15.0 Å². The van der Waals surface area contributed by atoms with Crippen molar-refractivity contribution in [2.45, 2.75) is 63.5 Å². The summed E-state index contributed by atoms with van der Waals surface area (Å²) in [7, 11) is 0.